The minimum atomic E-state index is -0.432. The molecule has 98 valence electrons. The lowest BCUT2D eigenvalue weighted by atomic mass is 9.92. The molecule has 0 bridgehead atoms. The largest absolute Gasteiger partial charge is 0.391 e. The molecule has 0 radical (unpaired) electrons. The Labute approximate surface area is 120 Å². The van der Waals surface area contributed by atoms with Crippen LogP contribution in [-0.2, 0) is 0 Å². The van der Waals surface area contributed by atoms with E-state index in [1.54, 1.807) is 18.2 Å². The van der Waals surface area contributed by atoms with E-state index in [2.05, 4.69) is 21.2 Å². The van der Waals surface area contributed by atoms with E-state index in [-0.39, 0.29) is 11.9 Å². The van der Waals surface area contributed by atoms with Crippen LogP contribution in [-0.4, -0.2) is 23.2 Å². The van der Waals surface area contributed by atoms with E-state index in [4.69, 9.17) is 11.6 Å². The quantitative estimate of drug-likeness (QED) is 0.874. The fraction of sp³-hybridized carbons (Fsp3) is 0.462. The SMILES string of the molecule is O=C(NC1CCCCC1O)c1ccc(Cl)c(Br)c1. The van der Waals surface area contributed by atoms with E-state index >= 15 is 0 Å². The van der Waals surface area contributed by atoms with Crippen LogP contribution in [0.25, 0.3) is 0 Å². The van der Waals surface area contributed by atoms with Gasteiger partial charge in [0, 0.05) is 10.0 Å². The standard InChI is InChI=1S/C13H15BrClNO2/c14-9-7-8(5-6-10(9)15)13(18)16-11-3-1-2-4-12(11)17/h5-7,11-12,17H,1-4H2,(H,16,18). The maximum atomic E-state index is 12.0. The third kappa shape index (κ3) is 3.25. The number of hydrogen-bond acceptors (Lipinski definition) is 2. The molecular formula is C13H15BrClNO2. The number of amides is 1. The third-order valence-corrected chi connectivity index (χ3v) is 4.44. The second-order valence-corrected chi connectivity index (χ2v) is 5.82. The molecule has 0 heterocycles. The van der Waals surface area contributed by atoms with Crippen LogP contribution in [0.3, 0.4) is 0 Å². The lowest BCUT2D eigenvalue weighted by Crippen LogP contribution is -2.45. The molecule has 1 fully saturated rings. The lowest BCUT2D eigenvalue weighted by molar-refractivity contribution is 0.0717. The van der Waals surface area contributed by atoms with Crippen molar-refractivity contribution in [3.8, 4) is 0 Å². The number of hydrogen-bond donors (Lipinski definition) is 2. The van der Waals surface area contributed by atoms with Crippen molar-refractivity contribution in [2.75, 3.05) is 0 Å². The molecule has 2 atom stereocenters. The highest BCUT2D eigenvalue weighted by Gasteiger charge is 2.24. The van der Waals surface area contributed by atoms with E-state index < -0.39 is 6.10 Å². The van der Waals surface area contributed by atoms with E-state index in [0.717, 1.165) is 25.7 Å². The first-order valence-electron chi connectivity index (χ1n) is 6.02. The Morgan fingerprint density at radius 1 is 1.39 bits per heavy atom. The molecule has 0 spiro atoms. The van der Waals surface area contributed by atoms with Crippen molar-refractivity contribution in [2.45, 2.75) is 37.8 Å². The van der Waals surface area contributed by atoms with Crippen LogP contribution in [0.5, 0.6) is 0 Å². The van der Waals surface area contributed by atoms with Gasteiger partial charge in [-0.1, -0.05) is 24.4 Å². The average molecular weight is 333 g/mol. The highest BCUT2D eigenvalue weighted by Crippen LogP contribution is 2.24. The van der Waals surface area contributed by atoms with Gasteiger partial charge in [-0.3, -0.25) is 4.79 Å². The molecule has 18 heavy (non-hydrogen) atoms. The number of aliphatic hydroxyl groups is 1. The summed E-state index contributed by atoms with van der Waals surface area (Å²) in [4.78, 5) is 12.0. The van der Waals surface area contributed by atoms with Crippen LogP contribution < -0.4 is 5.32 Å². The Hall–Kier alpha value is -0.580. The maximum Gasteiger partial charge on any atom is 0.251 e. The maximum absolute atomic E-state index is 12.0. The van der Waals surface area contributed by atoms with Crippen LogP contribution in [0.15, 0.2) is 22.7 Å². The van der Waals surface area contributed by atoms with Crippen molar-refractivity contribution in [3.05, 3.63) is 33.3 Å². The number of nitrogens with one attached hydrogen (secondary N) is 1. The van der Waals surface area contributed by atoms with Crippen molar-refractivity contribution in [1.29, 1.82) is 0 Å². The molecule has 1 aromatic carbocycles. The predicted octanol–water partition coefficient (Wildman–Crippen LogP) is 3.14. The number of carbonyl (C=O) groups is 1. The predicted molar refractivity (Wildman–Crippen MR) is 74.9 cm³/mol. The molecule has 1 amide bonds. The molecule has 3 nitrogen and oxygen atoms in total. The Bertz CT molecular complexity index is 453. The van der Waals surface area contributed by atoms with Gasteiger partial charge in [-0.05, 0) is 47.0 Å². The molecule has 2 rings (SSSR count). The summed E-state index contributed by atoms with van der Waals surface area (Å²) in [5.74, 6) is -0.168. The molecular weight excluding hydrogens is 318 g/mol. The fourth-order valence-corrected chi connectivity index (χ4v) is 2.67. The number of halogens is 2. The summed E-state index contributed by atoms with van der Waals surface area (Å²) in [6.45, 7) is 0. The molecule has 0 aromatic heterocycles. The summed E-state index contributed by atoms with van der Waals surface area (Å²) in [5.41, 5.74) is 0.545. The Morgan fingerprint density at radius 2 is 2.11 bits per heavy atom. The minimum absolute atomic E-state index is 0.138. The monoisotopic (exact) mass is 331 g/mol. The number of benzene rings is 1. The Balaban J connectivity index is 2.04. The van der Waals surface area contributed by atoms with Crippen LogP contribution in [0, 0.1) is 0 Å². The molecule has 0 saturated heterocycles. The highest BCUT2D eigenvalue weighted by molar-refractivity contribution is 9.10. The summed E-state index contributed by atoms with van der Waals surface area (Å²) in [5, 5.41) is 13.3. The first kappa shape index (κ1) is 13.8. The zero-order valence-corrected chi connectivity index (χ0v) is 12.2. The van der Waals surface area contributed by atoms with Gasteiger partial charge in [0.25, 0.3) is 5.91 Å². The average Bonchev–Trinajstić information content (AvgIpc) is 2.35. The zero-order chi connectivity index (χ0) is 13.1. The van der Waals surface area contributed by atoms with E-state index in [1.165, 1.54) is 0 Å². The van der Waals surface area contributed by atoms with Crippen molar-refractivity contribution < 1.29 is 9.90 Å². The van der Waals surface area contributed by atoms with Crippen molar-refractivity contribution in [2.24, 2.45) is 0 Å². The van der Waals surface area contributed by atoms with Crippen LogP contribution in [0.1, 0.15) is 36.0 Å². The van der Waals surface area contributed by atoms with Gasteiger partial charge < -0.3 is 10.4 Å². The van der Waals surface area contributed by atoms with Gasteiger partial charge in [0.15, 0.2) is 0 Å². The van der Waals surface area contributed by atoms with Gasteiger partial charge in [0.2, 0.25) is 0 Å². The summed E-state index contributed by atoms with van der Waals surface area (Å²) < 4.78 is 0.695. The first-order chi connectivity index (χ1) is 8.58. The van der Waals surface area contributed by atoms with Gasteiger partial charge in [0.05, 0.1) is 17.2 Å². The number of carbonyl (C=O) groups excluding carboxylic acids is 1. The topological polar surface area (TPSA) is 49.3 Å². The molecule has 1 aromatic rings. The van der Waals surface area contributed by atoms with Gasteiger partial charge >= 0.3 is 0 Å². The zero-order valence-electron chi connectivity index (χ0n) is 9.83. The molecule has 5 heteroatoms. The number of aliphatic hydroxyl groups excluding tert-OH is 1. The molecule has 1 saturated carbocycles. The van der Waals surface area contributed by atoms with Gasteiger partial charge in [-0.15, -0.1) is 0 Å². The minimum Gasteiger partial charge on any atom is -0.391 e. The van der Waals surface area contributed by atoms with Crippen LogP contribution >= 0.6 is 27.5 Å². The van der Waals surface area contributed by atoms with E-state index in [1.807, 2.05) is 0 Å². The smallest absolute Gasteiger partial charge is 0.251 e. The van der Waals surface area contributed by atoms with Crippen LogP contribution in [0.4, 0.5) is 0 Å². The summed E-state index contributed by atoms with van der Waals surface area (Å²) in [6.07, 6.45) is 3.24. The Morgan fingerprint density at radius 3 is 2.78 bits per heavy atom. The lowest BCUT2D eigenvalue weighted by Gasteiger charge is -2.28. The second kappa shape index (κ2) is 6.04. The van der Waals surface area contributed by atoms with Gasteiger partial charge in [0.1, 0.15) is 0 Å². The number of rotatable bonds is 2. The highest BCUT2D eigenvalue weighted by atomic mass is 79.9. The van der Waals surface area contributed by atoms with Crippen LogP contribution in [0.2, 0.25) is 5.02 Å². The van der Waals surface area contributed by atoms with E-state index in [0.29, 0.717) is 15.1 Å². The second-order valence-electron chi connectivity index (χ2n) is 4.56. The molecule has 1 aliphatic rings. The van der Waals surface area contributed by atoms with Crippen molar-refractivity contribution >= 4 is 33.4 Å². The van der Waals surface area contributed by atoms with Gasteiger partial charge in [-0.2, -0.15) is 0 Å². The molecule has 2 N–H and O–H groups in total. The first-order valence-corrected chi connectivity index (χ1v) is 7.19. The normalized spacial score (nSPS) is 23.7. The molecule has 0 aliphatic heterocycles. The van der Waals surface area contributed by atoms with Crippen molar-refractivity contribution in [3.63, 3.8) is 0 Å². The molecule has 1 aliphatic carbocycles. The van der Waals surface area contributed by atoms with Gasteiger partial charge in [-0.25, -0.2) is 0 Å². The Kier molecular flexibility index (Phi) is 4.65. The fourth-order valence-electron chi connectivity index (χ4n) is 2.17. The van der Waals surface area contributed by atoms with Crippen molar-refractivity contribution in [1.82, 2.24) is 5.32 Å². The summed E-state index contributed by atoms with van der Waals surface area (Å²) >= 11 is 9.17. The summed E-state index contributed by atoms with van der Waals surface area (Å²) in [6, 6.07) is 4.91. The third-order valence-electron chi connectivity index (χ3n) is 3.23. The molecule has 2 unspecified atom stereocenters. The van der Waals surface area contributed by atoms with E-state index in [9.17, 15) is 9.90 Å². The summed E-state index contributed by atoms with van der Waals surface area (Å²) in [7, 11) is 0.